The largest absolute Gasteiger partial charge is 0.370 e. The maximum atomic E-state index is 13.3. The van der Waals surface area contributed by atoms with Crippen molar-refractivity contribution in [1.82, 2.24) is 10.6 Å². The number of aliphatic imine (C=N–C) groups is 2. The molecule has 2 bridgehead atoms. The Morgan fingerprint density at radius 1 is 0.683 bits per heavy atom. The lowest BCUT2D eigenvalue weighted by atomic mass is 9.75. The van der Waals surface area contributed by atoms with Crippen molar-refractivity contribution in [3.63, 3.8) is 0 Å². The fourth-order valence-corrected chi connectivity index (χ4v) is 6.83. The van der Waals surface area contributed by atoms with Crippen LogP contribution < -0.4 is 33.6 Å². The number of amides is 2. The summed E-state index contributed by atoms with van der Waals surface area (Å²) in [5.41, 5.74) is 21.5. The third-order valence-corrected chi connectivity index (χ3v) is 8.70. The fraction of sp³-hybridized carbons (Fsp3) is 0.862. The van der Waals surface area contributed by atoms with Crippen molar-refractivity contribution in [2.45, 2.75) is 109 Å². The highest BCUT2D eigenvalue weighted by Crippen LogP contribution is 2.57. The summed E-state index contributed by atoms with van der Waals surface area (Å²) in [6.45, 7) is 3.38. The molecule has 1 unspecified atom stereocenters. The number of nitrogens with two attached hydrogens (primary N) is 4. The summed E-state index contributed by atoms with van der Waals surface area (Å²) in [5.74, 6) is -1.58. The number of rotatable bonds is 20. The fourth-order valence-electron chi connectivity index (χ4n) is 6.83. The first-order valence-corrected chi connectivity index (χ1v) is 15.8. The lowest BCUT2D eigenvalue weighted by Gasteiger charge is -2.34. The summed E-state index contributed by atoms with van der Waals surface area (Å²) >= 11 is 0. The minimum absolute atomic E-state index is 0.0274. The van der Waals surface area contributed by atoms with Crippen LogP contribution in [0.1, 0.15) is 90.4 Å². The molecule has 0 radical (unpaired) electrons. The zero-order valence-electron chi connectivity index (χ0n) is 24.9. The van der Waals surface area contributed by atoms with Gasteiger partial charge in [-0.2, -0.15) is 0 Å². The Balaban J connectivity index is 1.47. The lowest BCUT2D eigenvalue weighted by Crippen LogP contribution is -2.52. The summed E-state index contributed by atoms with van der Waals surface area (Å²) in [4.78, 5) is 34.5. The zero-order valence-corrected chi connectivity index (χ0v) is 24.9. The van der Waals surface area contributed by atoms with E-state index in [-0.39, 0.29) is 80.2 Å². The number of carbonyl (C=O) groups excluding carboxylic acids is 2. The molecule has 3 aliphatic rings. The molecule has 1 heterocycles. The molecule has 7 atom stereocenters. The first-order chi connectivity index (χ1) is 19.8. The highest BCUT2D eigenvalue weighted by molar-refractivity contribution is 5.89. The van der Waals surface area contributed by atoms with Gasteiger partial charge in [-0.05, 0) is 19.3 Å². The van der Waals surface area contributed by atoms with E-state index in [2.05, 4.69) is 27.5 Å². The van der Waals surface area contributed by atoms with Gasteiger partial charge in [0.2, 0.25) is 11.8 Å². The first kappa shape index (κ1) is 32.9. The van der Waals surface area contributed by atoms with E-state index in [9.17, 15) is 9.59 Å². The number of nitrogens with one attached hydrogen (secondary N) is 2. The van der Waals surface area contributed by atoms with Gasteiger partial charge in [0.15, 0.2) is 18.2 Å². The minimum Gasteiger partial charge on any atom is -0.370 e. The van der Waals surface area contributed by atoms with Crippen LogP contribution >= 0.6 is 0 Å². The average molecular weight is 579 g/mol. The molecule has 41 heavy (non-hydrogen) atoms. The second-order valence-corrected chi connectivity index (χ2v) is 11.8. The van der Waals surface area contributed by atoms with Crippen molar-refractivity contribution < 1.29 is 19.1 Å². The number of nitrogens with zero attached hydrogens (tertiary/aromatic N) is 2. The smallest absolute Gasteiger partial charge is 0.224 e. The predicted octanol–water partition coefficient (Wildman–Crippen LogP) is 1.46. The van der Waals surface area contributed by atoms with Crippen LogP contribution in [-0.2, 0) is 19.1 Å². The zero-order chi connectivity index (χ0) is 29.6. The van der Waals surface area contributed by atoms with Crippen molar-refractivity contribution in [3.8, 4) is 0 Å². The second-order valence-electron chi connectivity index (χ2n) is 11.8. The van der Waals surface area contributed by atoms with Crippen molar-refractivity contribution in [2.24, 2.45) is 56.6 Å². The predicted molar refractivity (Wildman–Crippen MR) is 161 cm³/mol. The molecule has 2 amide bonds. The molecule has 3 fully saturated rings. The Kier molecular flexibility index (Phi) is 13.9. The minimum atomic E-state index is -0.507. The molecule has 2 aliphatic carbocycles. The molecule has 10 N–H and O–H groups in total. The highest BCUT2D eigenvalue weighted by Gasteiger charge is 2.66. The number of hydrogen-bond acceptors (Lipinski definition) is 6. The molecule has 12 heteroatoms. The van der Waals surface area contributed by atoms with E-state index in [0.29, 0.717) is 0 Å². The molecule has 0 aromatic heterocycles. The third-order valence-electron chi connectivity index (χ3n) is 8.70. The number of carbonyl (C=O) groups is 2. The van der Waals surface area contributed by atoms with Gasteiger partial charge in [0, 0.05) is 24.9 Å². The number of hydrogen-bond donors (Lipinski definition) is 6. The van der Waals surface area contributed by atoms with Crippen LogP contribution in [0.3, 0.4) is 0 Å². The second kappa shape index (κ2) is 17.4. The monoisotopic (exact) mass is 578 g/mol. The van der Waals surface area contributed by atoms with Crippen LogP contribution in [0, 0.1) is 23.7 Å². The van der Waals surface area contributed by atoms with Crippen molar-refractivity contribution in [2.75, 3.05) is 26.2 Å². The molecular weight excluding hydrogens is 524 g/mol. The van der Waals surface area contributed by atoms with Crippen molar-refractivity contribution in [1.29, 1.82) is 0 Å². The SMILES string of the molecule is CCCCCCCCCCCCCC1O[C@@H]2[C@@H]3C[C@H]([C@@H]2O1)[C@@H](C(=O)NCCN=C(N)N)[C@@H]3C(=O)NCCN=C(N)N. The molecule has 0 aromatic carbocycles. The number of fused-ring (bicyclic) bond motifs is 5. The van der Waals surface area contributed by atoms with Gasteiger partial charge in [-0.25, -0.2) is 0 Å². The maximum absolute atomic E-state index is 13.3. The van der Waals surface area contributed by atoms with Crippen molar-refractivity contribution >= 4 is 23.7 Å². The highest BCUT2D eigenvalue weighted by atomic mass is 16.7. The molecule has 1 aliphatic heterocycles. The quantitative estimate of drug-likeness (QED) is 0.0706. The van der Waals surface area contributed by atoms with Gasteiger partial charge in [-0.3, -0.25) is 19.6 Å². The molecule has 1 saturated heterocycles. The molecule has 234 valence electrons. The average Bonchev–Trinajstić information content (AvgIpc) is 3.62. The van der Waals surface area contributed by atoms with Gasteiger partial charge in [-0.1, -0.05) is 71.1 Å². The van der Waals surface area contributed by atoms with Crippen LogP contribution in [0.5, 0.6) is 0 Å². The van der Waals surface area contributed by atoms with Crippen LogP contribution in [0.2, 0.25) is 0 Å². The first-order valence-electron chi connectivity index (χ1n) is 15.8. The Hall–Kier alpha value is -2.60. The van der Waals surface area contributed by atoms with E-state index in [0.717, 1.165) is 19.3 Å². The van der Waals surface area contributed by atoms with E-state index >= 15 is 0 Å². The lowest BCUT2D eigenvalue weighted by molar-refractivity contribution is -0.140. The maximum Gasteiger partial charge on any atom is 0.224 e. The number of ether oxygens (including phenoxy) is 2. The summed E-state index contributed by atoms with van der Waals surface area (Å²) in [5, 5.41) is 5.82. The van der Waals surface area contributed by atoms with E-state index in [1.807, 2.05) is 0 Å². The van der Waals surface area contributed by atoms with E-state index < -0.39 is 11.8 Å². The van der Waals surface area contributed by atoms with Gasteiger partial charge in [0.25, 0.3) is 0 Å². The number of unbranched alkanes of at least 4 members (excludes halogenated alkanes) is 10. The van der Waals surface area contributed by atoms with Gasteiger partial charge >= 0.3 is 0 Å². The van der Waals surface area contributed by atoms with Crippen LogP contribution in [-0.4, -0.2) is 68.4 Å². The van der Waals surface area contributed by atoms with E-state index in [1.165, 1.54) is 64.2 Å². The molecule has 12 nitrogen and oxygen atoms in total. The van der Waals surface area contributed by atoms with Gasteiger partial charge < -0.3 is 43.0 Å². The van der Waals surface area contributed by atoms with Crippen molar-refractivity contribution in [3.05, 3.63) is 0 Å². The van der Waals surface area contributed by atoms with Crippen LogP contribution in [0.4, 0.5) is 0 Å². The Labute approximate surface area is 245 Å². The molecule has 0 spiro atoms. The Morgan fingerprint density at radius 2 is 1.10 bits per heavy atom. The van der Waals surface area contributed by atoms with Gasteiger partial charge in [0.05, 0.1) is 37.1 Å². The normalized spacial score (nSPS) is 27.8. The summed E-state index contributed by atoms with van der Waals surface area (Å²) in [7, 11) is 0. The summed E-state index contributed by atoms with van der Waals surface area (Å²) in [6, 6.07) is 0. The summed E-state index contributed by atoms with van der Waals surface area (Å²) in [6.07, 6.45) is 15.1. The van der Waals surface area contributed by atoms with Gasteiger partial charge in [0.1, 0.15) is 0 Å². The topological polar surface area (TPSA) is 205 Å². The standard InChI is InChI=1S/C29H54N8O4/c1-2-3-4-5-6-7-8-9-10-11-12-13-21-40-24-19-18-20(25(24)41-21)23(27(39)35-15-17-37-29(32)33)22(19)26(38)34-14-16-36-28(30)31/h19-25H,2-18H2,1H3,(H,34,38)(H,35,39)(H4,30,31,36)(H4,32,33,37)/t19-,20+,21?,22-,23-,24-,25+/m1/s1. The van der Waals surface area contributed by atoms with Gasteiger partial charge in [-0.15, -0.1) is 0 Å². The van der Waals surface area contributed by atoms with E-state index in [4.69, 9.17) is 32.4 Å². The molecule has 0 aromatic rings. The summed E-state index contributed by atoms with van der Waals surface area (Å²) < 4.78 is 12.7. The molecular formula is C29H54N8O4. The Bertz CT molecular complexity index is 821. The molecule has 3 rings (SSSR count). The Morgan fingerprint density at radius 3 is 1.51 bits per heavy atom. The van der Waals surface area contributed by atoms with Crippen LogP contribution in [0.15, 0.2) is 9.98 Å². The molecule has 2 saturated carbocycles. The van der Waals surface area contributed by atoms with Crippen LogP contribution in [0.25, 0.3) is 0 Å². The number of guanidine groups is 2. The third kappa shape index (κ3) is 10.0. The van der Waals surface area contributed by atoms with E-state index in [1.54, 1.807) is 0 Å².